The van der Waals surface area contributed by atoms with Gasteiger partial charge in [0.25, 0.3) is 0 Å². The van der Waals surface area contributed by atoms with E-state index in [2.05, 4.69) is 10.5 Å². The first-order valence-electron chi connectivity index (χ1n) is 5.46. The van der Waals surface area contributed by atoms with E-state index in [-0.39, 0.29) is 0 Å². The molecule has 1 aromatic rings. The number of amides is 2. The highest BCUT2D eigenvalue weighted by atomic mass is 16.5. The van der Waals surface area contributed by atoms with E-state index in [9.17, 15) is 4.79 Å². The van der Waals surface area contributed by atoms with Crippen molar-refractivity contribution >= 4 is 11.7 Å². The molecule has 0 radical (unpaired) electrons. The Bertz CT molecular complexity index is 458. The Labute approximate surface area is 106 Å². The van der Waals surface area contributed by atoms with Crippen molar-refractivity contribution in [2.45, 2.75) is 13.3 Å². The van der Waals surface area contributed by atoms with Crippen molar-refractivity contribution in [1.82, 2.24) is 5.43 Å². The lowest BCUT2D eigenvalue weighted by atomic mass is 10.1. The van der Waals surface area contributed by atoms with Crippen molar-refractivity contribution < 1.29 is 14.3 Å². The molecule has 6 nitrogen and oxygen atoms in total. The summed E-state index contributed by atoms with van der Waals surface area (Å²) in [5.74, 6) is 1.25. The molecule has 0 aromatic heterocycles. The number of methoxy groups -OCH3 is 2. The molecule has 0 bridgehead atoms. The van der Waals surface area contributed by atoms with Crippen LogP contribution in [0.25, 0.3) is 0 Å². The molecule has 0 fully saturated rings. The number of rotatable bonds is 5. The largest absolute Gasteiger partial charge is 0.493 e. The molecule has 6 heteroatoms. The molecule has 2 amide bonds. The quantitative estimate of drug-likeness (QED) is 0.614. The fourth-order valence-corrected chi connectivity index (χ4v) is 1.49. The van der Waals surface area contributed by atoms with E-state index in [0.29, 0.717) is 23.6 Å². The normalized spacial score (nSPS) is 10.9. The van der Waals surface area contributed by atoms with Gasteiger partial charge in [0.05, 0.1) is 19.9 Å². The Morgan fingerprint density at radius 3 is 2.50 bits per heavy atom. The molecular formula is C12H17N3O3. The zero-order valence-electron chi connectivity index (χ0n) is 10.7. The smallest absolute Gasteiger partial charge is 0.332 e. The molecule has 0 spiro atoms. The first kappa shape index (κ1) is 13.8. The SMILES string of the molecule is CCC(=NNC(N)=O)c1ccc(OC)c(OC)c1. The van der Waals surface area contributed by atoms with E-state index in [1.54, 1.807) is 26.4 Å². The summed E-state index contributed by atoms with van der Waals surface area (Å²) in [6.07, 6.45) is 0.649. The van der Waals surface area contributed by atoms with Crippen LogP contribution in [0.2, 0.25) is 0 Å². The number of ether oxygens (including phenoxy) is 2. The standard InChI is InChI=1S/C12H17N3O3/c1-4-9(14-15-12(13)16)8-5-6-10(17-2)11(7-8)18-3/h5-7H,4H2,1-3H3,(H3,13,15,16). The number of primary amides is 1. The second-order valence-corrected chi connectivity index (χ2v) is 3.46. The van der Waals surface area contributed by atoms with Gasteiger partial charge in [0.15, 0.2) is 11.5 Å². The minimum absolute atomic E-state index is 0.607. The van der Waals surface area contributed by atoms with Crippen LogP contribution < -0.4 is 20.6 Å². The third-order valence-electron chi connectivity index (χ3n) is 2.35. The van der Waals surface area contributed by atoms with E-state index >= 15 is 0 Å². The number of benzene rings is 1. The number of nitrogens with two attached hydrogens (primary N) is 1. The minimum atomic E-state index is -0.693. The van der Waals surface area contributed by atoms with E-state index in [1.165, 1.54) is 0 Å². The molecule has 0 atom stereocenters. The predicted molar refractivity (Wildman–Crippen MR) is 69.1 cm³/mol. The Kier molecular flexibility index (Phi) is 4.98. The topological polar surface area (TPSA) is 85.9 Å². The molecule has 0 saturated carbocycles. The van der Waals surface area contributed by atoms with Crippen molar-refractivity contribution in [3.8, 4) is 11.5 Å². The van der Waals surface area contributed by atoms with Gasteiger partial charge < -0.3 is 15.2 Å². The van der Waals surface area contributed by atoms with Crippen molar-refractivity contribution in [2.24, 2.45) is 10.8 Å². The van der Waals surface area contributed by atoms with Crippen molar-refractivity contribution in [3.63, 3.8) is 0 Å². The van der Waals surface area contributed by atoms with Crippen LogP contribution in [0.1, 0.15) is 18.9 Å². The maximum Gasteiger partial charge on any atom is 0.332 e. The van der Waals surface area contributed by atoms with E-state index in [0.717, 1.165) is 5.56 Å². The van der Waals surface area contributed by atoms with Crippen LogP contribution >= 0.6 is 0 Å². The highest BCUT2D eigenvalue weighted by molar-refractivity contribution is 6.01. The second-order valence-electron chi connectivity index (χ2n) is 3.46. The predicted octanol–water partition coefficient (Wildman–Crippen LogP) is 1.49. The minimum Gasteiger partial charge on any atom is -0.493 e. The average Bonchev–Trinajstić information content (AvgIpc) is 2.38. The maximum absolute atomic E-state index is 10.6. The summed E-state index contributed by atoms with van der Waals surface area (Å²) in [5, 5.41) is 3.94. The van der Waals surface area contributed by atoms with Gasteiger partial charge in [0.2, 0.25) is 0 Å². The molecule has 1 aromatic carbocycles. The Hall–Kier alpha value is -2.24. The summed E-state index contributed by atoms with van der Waals surface area (Å²) in [6, 6.07) is 4.72. The first-order chi connectivity index (χ1) is 8.62. The van der Waals surface area contributed by atoms with Crippen LogP contribution in [0.3, 0.4) is 0 Å². The molecule has 0 aliphatic rings. The van der Waals surface area contributed by atoms with Crippen molar-refractivity contribution in [1.29, 1.82) is 0 Å². The highest BCUT2D eigenvalue weighted by Crippen LogP contribution is 2.28. The van der Waals surface area contributed by atoms with Crippen LogP contribution in [0, 0.1) is 0 Å². The monoisotopic (exact) mass is 251 g/mol. The van der Waals surface area contributed by atoms with Gasteiger partial charge in [0, 0.05) is 5.56 Å². The molecule has 0 aliphatic heterocycles. The molecular weight excluding hydrogens is 234 g/mol. The Morgan fingerprint density at radius 2 is 2.00 bits per heavy atom. The number of hydrogen-bond acceptors (Lipinski definition) is 4. The van der Waals surface area contributed by atoms with Crippen molar-refractivity contribution in [3.05, 3.63) is 23.8 Å². The van der Waals surface area contributed by atoms with E-state index in [1.807, 2.05) is 13.0 Å². The van der Waals surface area contributed by atoms with Crippen LogP contribution in [0.15, 0.2) is 23.3 Å². The zero-order chi connectivity index (χ0) is 13.5. The molecule has 1 rings (SSSR count). The molecule has 98 valence electrons. The number of carbonyl (C=O) groups is 1. The summed E-state index contributed by atoms with van der Waals surface area (Å²) < 4.78 is 10.4. The highest BCUT2D eigenvalue weighted by Gasteiger charge is 2.08. The van der Waals surface area contributed by atoms with Gasteiger partial charge in [0.1, 0.15) is 0 Å². The first-order valence-corrected chi connectivity index (χ1v) is 5.46. The summed E-state index contributed by atoms with van der Waals surface area (Å²) in [6.45, 7) is 1.93. The Balaban J connectivity index is 3.07. The lowest BCUT2D eigenvalue weighted by Crippen LogP contribution is -2.25. The number of carbonyl (C=O) groups excluding carboxylic acids is 1. The maximum atomic E-state index is 10.6. The van der Waals surface area contributed by atoms with Gasteiger partial charge in [-0.1, -0.05) is 6.92 Å². The Morgan fingerprint density at radius 1 is 1.33 bits per heavy atom. The third-order valence-corrected chi connectivity index (χ3v) is 2.35. The number of hydrazone groups is 1. The van der Waals surface area contributed by atoms with Crippen LogP contribution in [-0.2, 0) is 0 Å². The van der Waals surface area contributed by atoms with E-state index in [4.69, 9.17) is 15.2 Å². The van der Waals surface area contributed by atoms with Gasteiger partial charge in [-0.05, 0) is 24.6 Å². The molecule has 0 saturated heterocycles. The van der Waals surface area contributed by atoms with Crippen molar-refractivity contribution in [2.75, 3.05) is 14.2 Å². The zero-order valence-corrected chi connectivity index (χ0v) is 10.7. The average molecular weight is 251 g/mol. The summed E-state index contributed by atoms with van der Waals surface area (Å²) in [5.41, 5.74) is 8.73. The number of nitrogens with one attached hydrogen (secondary N) is 1. The van der Waals surface area contributed by atoms with Crippen LogP contribution in [0.4, 0.5) is 4.79 Å². The molecule has 0 unspecified atom stereocenters. The van der Waals surface area contributed by atoms with Gasteiger partial charge in [-0.3, -0.25) is 0 Å². The molecule has 3 N–H and O–H groups in total. The molecule has 0 aliphatic carbocycles. The summed E-state index contributed by atoms with van der Waals surface area (Å²) in [7, 11) is 3.13. The lowest BCUT2D eigenvalue weighted by Gasteiger charge is -2.10. The number of urea groups is 1. The number of hydrogen-bond donors (Lipinski definition) is 2. The van der Waals surface area contributed by atoms with Crippen LogP contribution in [-0.4, -0.2) is 26.0 Å². The second kappa shape index (κ2) is 6.48. The molecule has 0 heterocycles. The van der Waals surface area contributed by atoms with Gasteiger partial charge in [-0.2, -0.15) is 5.10 Å². The lowest BCUT2D eigenvalue weighted by molar-refractivity contribution is 0.249. The third kappa shape index (κ3) is 3.38. The summed E-state index contributed by atoms with van der Waals surface area (Å²) in [4.78, 5) is 10.6. The fraction of sp³-hybridized carbons (Fsp3) is 0.333. The van der Waals surface area contributed by atoms with Gasteiger partial charge >= 0.3 is 6.03 Å². The van der Waals surface area contributed by atoms with Gasteiger partial charge in [-0.25, -0.2) is 10.2 Å². The molecule has 18 heavy (non-hydrogen) atoms. The van der Waals surface area contributed by atoms with E-state index < -0.39 is 6.03 Å². The summed E-state index contributed by atoms with van der Waals surface area (Å²) >= 11 is 0. The fourth-order valence-electron chi connectivity index (χ4n) is 1.49. The van der Waals surface area contributed by atoms with Crippen LogP contribution in [0.5, 0.6) is 11.5 Å². The van der Waals surface area contributed by atoms with Gasteiger partial charge in [-0.15, -0.1) is 0 Å². The number of nitrogens with zero attached hydrogens (tertiary/aromatic N) is 1.